The lowest BCUT2D eigenvalue weighted by Crippen LogP contribution is -2.30. The zero-order chi connectivity index (χ0) is 15.9. The molecule has 0 aliphatic rings. The van der Waals surface area contributed by atoms with Gasteiger partial charge in [-0.05, 0) is 11.1 Å². The molecule has 1 rings (SSSR count). The number of benzene rings is 1. The largest absolute Gasteiger partial charge is 0.411 e. The summed E-state index contributed by atoms with van der Waals surface area (Å²) in [4.78, 5) is 0. The Balaban J connectivity index is 2.40. The molecule has 120 valence electrons. The lowest BCUT2D eigenvalue weighted by molar-refractivity contribution is -0.173. The van der Waals surface area contributed by atoms with Crippen molar-refractivity contribution in [1.29, 1.82) is 0 Å². The molecule has 0 aromatic heterocycles. The van der Waals surface area contributed by atoms with Crippen LogP contribution in [0.3, 0.4) is 0 Å². The summed E-state index contributed by atoms with van der Waals surface area (Å²) in [6.45, 7) is -2.21. The predicted molar refractivity (Wildman–Crippen MR) is 69.9 cm³/mol. The van der Waals surface area contributed by atoms with Gasteiger partial charge in [0.25, 0.3) is 0 Å². The second-order valence-corrected chi connectivity index (χ2v) is 6.11. The molecular formula is C12H16F3NO4S. The van der Waals surface area contributed by atoms with Crippen molar-refractivity contribution in [3.8, 4) is 0 Å². The number of hydrogen-bond donors (Lipinski definition) is 2. The van der Waals surface area contributed by atoms with E-state index in [1.165, 1.54) is 0 Å². The second-order valence-electron chi connectivity index (χ2n) is 4.30. The standard InChI is InChI=1S/C12H16F3NO4S/c13-12(14,15)9-20-5-4-16-21(18,19)8-11-3-1-2-10(6-11)7-17/h1-3,6,16-17H,4-5,7-9H2. The number of aliphatic hydroxyl groups is 1. The molecule has 0 aliphatic carbocycles. The number of alkyl halides is 3. The lowest BCUT2D eigenvalue weighted by Gasteiger charge is -2.09. The molecule has 0 saturated heterocycles. The molecule has 0 bridgehead atoms. The average Bonchev–Trinajstić information content (AvgIpc) is 2.36. The number of ether oxygens (including phenoxy) is 1. The topological polar surface area (TPSA) is 75.6 Å². The van der Waals surface area contributed by atoms with Crippen LogP contribution in [-0.4, -0.2) is 39.5 Å². The van der Waals surface area contributed by atoms with Crippen molar-refractivity contribution in [2.24, 2.45) is 0 Å². The molecule has 2 N–H and O–H groups in total. The Bertz CT molecular complexity index is 546. The van der Waals surface area contributed by atoms with Crippen LogP contribution in [-0.2, 0) is 27.1 Å². The Morgan fingerprint density at radius 2 is 1.90 bits per heavy atom. The molecule has 0 atom stereocenters. The molecule has 0 saturated carbocycles. The highest BCUT2D eigenvalue weighted by atomic mass is 32.2. The fraction of sp³-hybridized carbons (Fsp3) is 0.500. The van der Waals surface area contributed by atoms with Crippen LogP contribution in [0.25, 0.3) is 0 Å². The first kappa shape index (κ1) is 17.9. The van der Waals surface area contributed by atoms with E-state index in [4.69, 9.17) is 5.11 Å². The van der Waals surface area contributed by atoms with Crippen LogP contribution in [0.1, 0.15) is 11.1 Å². The van der Waals surface area contributed by atoms with Gasteiger partial charge < -0.3 is 9.84 Å². The molecule has 1 aromatic carbocycles. The highest BCUT2D eigenvalue weighted by Gasteiger charge is 2.27. The first-order chi connectivity index (χ1) is 9.72. The van der Waals surface area contributed by atoms with E-state index < -0.39 is 22.8 Å². The summed E-state index contributed by atoms with van der Waals surface area (Å²) in [6, 6.07) is 6.38. The maximum Gasteiger partial charge on any atom is 0.411 e. The molecule has 9 heteroatoms. The maximum absolute atomic E-state index is 11.8. The summed E-state index contributed by atoms with van der Waals surface area (Å²) in [7, 11) is -3.67. The summed E-state index contributed by atoms with van der Waals surface area (Å²) in [5.74, 6) is -0.319. The van der Waals surface area contributed by atoms with Crippen LogP contribution >= 0.6 is 0 Å². The molecule has 0 radical (unpaired) electrons. The van der Waals surface area contributed by atoms with E-state index in [2.05, 4.69) is 9.46 Å². The number of sulfonamides is 1. The number of aliphatic hydroxyl groups excluding tert-OH is 1. The van der Waals surface area contributed by atoms with Gasteiger partial charge in [-0.15, -0.1) is 0 Å². The first-order valence-corrected chi connectivity index (χ1v) is 7.67. The van der Waals surface area contributed by atoms with Gasteiger partial charge in [0.2, 0.25) is 10.0 Å². The maximum atomic E-state index is 11.8. The zero-order valence-corrected chi connectivity index (χ0v) is 11.9. The zero-order valence-electron chi connectivity index (χ0n) is 11.1. The number of halogens is 3. The first-order valence-electron chi connectivity index (χ1n) is 6.02. The fourth-order valence-electron chi connectivity index (χ4n) is 1.55. The van der Waals surface area contributed by atoms with E-state index in [-0.39, 0.29) is 25.5 Å². The van der Waals surface area contributed by atoms with Gasteiger partial charge in [-0.1, -0.05) is 24.3 Å². The summed E-state index contributed by atoms with van der Waals surface area (Å²) in [6.07, 6.45) is -4.43. The monoisotopic (exact) mass is 327 g/mol. The van der Waals surface area contributed by atoms with Gasteiger partial charge >= 0.3 is 6.18 Å². The third-order valence-corrected chi connectivity index (χ3v) is 3.72. The van der Waals surface area contributed by atoms with E-state index >= 15 is 0 Å². The highest BCUT2D eigenvalue weighted by molar-refractivity contribution is 7.88. The van der Waals surface area contributed by atoms with Crippen LogP contribution in [0, 0.1) is 0 Å². The molecule has 0 unspecified atom stereocenters. The van der Waals surface area contributed by atoms with Crippen molar-refractivity contribution in [2.75, 3.05) is 19.8 Å². The molecule has 0 aliphatic heterocycles. The van der Waals surface area contributed by atoms with Gasteiger partial charge in [0, 0.05) is 6.54 Å². The van der Waals surface area contributed by atoms with Crippen molar-refractivity contribution >= 4 is 10.0 Å². The molecule has 0 fully saturated rings. The van der Waals surface area contributed by atoms with Crippen molar-refractivity contribution in [3.05, 3.63) is 35.4 Å². The fourth-order valence-corrected chi connectivity index (χ4v) is 2.66. The third-order valence-electron chi connectivity index (χ3n) is 2.36. The Hall–Kier alpha value is -1.16. The van der Waals surface area contributed by atoms with Crippen molar-refractivity contribution in [1.82, 2.24) is 4.72 Å². The Morgan fingerprint density at radius 3 is 2.52 bits per heavy atom. The van der Waals surface area contributed by atoms with Crippen LogP contribution < -0.4 is 4.72 Å². The minimum atomic E-state index is -4.43. The van der Waals surface area contributed by atoms with Gasteiger partial charge in [-0.3, -0.25) is 0 Å². The van der Waals surface area contributed by atoms with Gasteiger partial charge in [0.15, 0.2) is 0 Å². The minimum absolute atomic E-state index is 0.202. The third kappa shape index (κ3) is 8.00. The molecule has 1 aromatic rings. The van der Waals surface area contributed by atoms with Crippen LogP contribution in [0.4, 0.5) is 13.2 Å². The summed E-state index contributed by atoms with van der Waals surface area (Å²) >= 11 is 0. The van der Waals surface area contributed by atoms with Crippen LogP contribution in [0.15, 0.2) is 24.3 Å². The van der Waals surface area contributed by atoms with Gasteiger partial charge in [0.1, 0.15) is 6.61 Å². The van der Waals surface area contributed by atoms with E-state index in [9.17, 15) is 21.6 Å². The Morgan fingerprint density at radius 1 is 1.24 bits per heavy atom. The van der Waals surface area contributed by atoms with Crippen LogP contribution in [0.5, 0.6) is 0 Å². The van der Waals surface area contributed by atoms with E-state index in [1.54, 1.807) is 24.3 Å². The number of nitrogens with one attached hydrogen (secondary N) is 1. The van der Waals surface area contributed by atoms with Crippen molar-refractivity contribution in [3.63, 3.8) is 0 Å². The summed E-state index contributed by atoms with van der Waals surface area (Å²) < 4.78 is 65.2. The Labute approximate surface area is 120 Å². The molecular weight excluding hydrogens is 311 g/mol. The summed E-state index contributed by atoms with van der Waals surface area (Å²) in [5.41, 5.74) is 1.06. The SMILES string of the molecule is O=S(=O)(Cc1cccc(CO)c1)NCCOCC(F)(F)F. The van der Waals surface area contributed by atoms with E-state index in [0.29, 0.717) is 11.1 Å². The van der Waals surface area contributed by atoms with Crippen molar-refractivity contribution < 1.29 is 31.4 Å². The van der Waals surface area contributed by atoms with Gasteiger partial charge in [0.05, 0.1) is 19.0 Å². The highest BCUT2D eigenvalue weighted by Crippen LogP contribution is 2.14. The minimum Gasteiger partial charge on any atom is -0.392 e. The number of hydrogen-bond acceptors (Lipinski definition) is 4. The number of rotatable bonds is 8. The van der Waals surface area contributed by atoms with Gasteiger partial charge in [-0.2, -0.15) is 13.2 Å². The second kappa shape index (κ2) is 7.74. The van der Waals surface area contributed by atoms with Crippen LogP contribution in [0.2, 0.25) is 0 Å². The molecule has 0 heterocycles. The smallest absolute Gasteiger partial charge is 0.392 e. The van der Waals surface area contributed by atoms with E-state index in [1.807, 2.05) is 0 Å². The van der Waals surface area contributed by atoms with Crippen molar-refractivity contribution in [2.45, 2.75) is 18.5 Å². The lowest BCUT2D eigenvalue weighted by atomic mass is 10.1. The molecule has 0 spiro atoms. The molecule has 21 heavy (non-hydrogen) atoms. The predicted octanol–water partition coefficient (Wildman–Crippen LogP) is 1.18. The average molecular weight is 327 g/mol. The normalized spacial score (nSPS) is 12.6. The summed E-state index contributed by atoms with van der Waals surface area (Å²) in [5, 5.41) is 8.95. The van der Waals surface area contributed by atoms with Gasteiger partial charge in [-0.25, -0.2) is 13.1 Å². The van der Waals surface area contributed by atoms with E-state index in [0.717, 1.165) is 0 Å². The Kier molecular flexibility index (Phi) is 6.59. The molecule has 0 amide bonds. The molecule has 5 nitrogen and oxygen atoms in total. The quantitative estimate of drug-likeness (QED) is 0.703.